The summed E-state index contributed by atoms with van der Waals surface area (Å²) in [5.41, 5.74) is 1.00. The van der Waals surface area contributed by atoms with E-state index in [1.54, 1.807) is 6.92 Å². The van der Waals surface area contributed by atoms with Gasteiger partial charge in [-0.1, -0.05) is 5.57 Å². The van der Waals surface area contributed by atoms with E-state index >= 15 is 0 Å². The lowest BCUT2D eigenvalue weighted by Gasteiger charge is -2.13. The highest BCUT2D eigenvalue weighted by Crippen LogP contribution is 2.29. The Hall–Kier alpha value is -1.81. The molecule has 0 heterocycles. The lowest BCUT2D eigenvalue weighted by atomic mass is 10.00. The Bertz CT molecular complexity index is 423. The summed E-state index contributed by atoms with van der Waals surface area (Å²) in [7, 11) is 0. The summed E-state index contributed by atoms with van der Waals surface area (Å²) >= 11 is 0. The van der Waals surface area contributed by atoms with Crippen molar-refractivity contribution in [2.24, 2.45) is 0 Å². The van der Waals surface area contributed by atoms with E-state index in [0.717, 1.165) is 5.57 Å². The van der Waals surface area contributed by atoms with Gasteiger partial charge in [-0.2, -0.15) is 0 Å². The maximum Gasteiger partial charge on any atom is 0.335 e. The van der Waals surface area contributed by atoms with Crippen LogP contribution in [0.3, 0.4) is 0 Å². The van der Waals surface area contributed by atoms with Crippen molar-refractivity contribution in [2.75, 3.05) is 0 Å². The predicted octanol–water partition coefficient (Wildman–Crippen LogP) is 2.09. The van der Waals surface area contributed by atoms with Crippen molar-refractivity contribution in [3.63, 3.8) is 0 Å². The second-order valence-electron chi connectivity index (χ2n) is 3.76. The van der Waals surface area contributed by atoms with Crippen molar-refractivity contribution < 1.29 is 20.1 Å². The van der Waals surface area contributed by atoms with E-state index in [-0.39, 0.29) is 23.3 Å². The molecule has 0 aliphatic carbocycles. The van der Waals surface area contributed by atoms with E-state index in [1.807, 2.05) is 0 Å². The fourth-order valence-electron chi connectivity index (χ4n) is 1.39. The standard InChI is InChI=1S/C12H14O4/c1-7(2)5-11(14)9-6-8(12(15)16)3-4-10(9)13/h3-4,6,11,13-14H,1,5H2,2H3,(H,15,16)/t11-/m1/s1. The van der Waals surface area contributed by atoms with Crippen LogP contribution in [0.2, 0.25) is 0 Å². The number of hydrogen-bond donors (Lipinski definition) is 3. The Morgan fingerprint density at radius 2 is 2.12 bits per heavy atom. The maximum atomic E-state index is 10.7. The molecule has 0 unspecified atom stereocenters. The molecule has 0 aliphatic heterocycles. The van der Waals surface area contributed by atoms with Gasteiger partial charge in [-0.05, 0) is 31.5 Å². The van der Waals surface area contributed by atoms with E-state index < -0.39 is 12.1 Å². The topological polar surface area (TPSA) is 77.8 Å². The normalized spacial score (nSPS) is 12.1. The van der Waals surface area contributed by atoms with Crippen LogP contribution in [0.1, 0.15) is 35.4 Å². The number of rotatable bonds is 4. The molecule has 0 fully saturated rings. The van der Waals surface area contributed by atoms with Gasteiger partial charge in [-0.25, -0.2) is 4.79 Å². The Labute approximate surface area is 93.5 Å². The van der Waals surface area contributed by atoms with Gasteiger partial charge in [0.25, 0.3) is 0 Å². The molecule has 16 heavy (non-hydrogen) atoms. The second-order valence-corrected chi connectivity index (χ2v) is 3.76. The molecular formula is C12H14O4. The lowest BCUT2D eigenvalue weighted by Crippen LogP contribution is -2.02. The third-order valence-electron chi connectivity index (χ3n) is 2.18. The first-order valence-electron chi connectivity index (χ1n) is 4.80. The maximum absolute atomic E-state index is 10.7. The van der Waals surface area contributed by atoms with Gasteiger partial charge >= 0.3 is 5.97 Å². The monoisotopic (exact) mass is 222 g/mol. The average Bonchev–Trinajstić information content (AvgIpc) is 2.16. The number of phenols is 1. The molecule has 4 nitrogen and oxygen atoms in total. The smallest absolute Gasteiger partial charge is 0.335 e. The molecule has 0 amide bonds. The molecule has 86 valence electrons. The highest BCUT2D eigenvalue weighted by Gasteiger charge is 2.15. The van der Waals surface area contributed by atoms with Crippen LogP contribution in [-0.2, 0) is 0 Å². The first-order chi connectivity index (χ1) is 7.41. The zero-order valence-electron chi connectivity index (χ0n) is 8.97. The molecule has 0 aliphatic rings. The summed E-state index contributed by atoms with van der Waals surface area (Å²) in [5, 5.41) is 28.1. The third kappa shape index (κ3) is 2.84. The highest BCUT2D eigenvalue weighted by molar-refractivity contribution is 5.88. The minimum absolute atomic E-state index is 0.0357. The van der Waals surface area contributed by atoms with Crippen molar-refractivity contribution in [3.05, 3.63) is 41.5 Å². The predicted molar refractivity (Wildman–Crippen MR) is 59.5 cm³/mol. The fraction of sp³-hybridized carbons (Fsp3) is 0.250. The number of phenolic OH excluding ortho intramolecular Hbond substituents is 1. The van der Waals surface area contributed by atoms with E-state index in [1.165, 1.54) is 18.2 Å². The second kappa shape index (κ2) is 4.81. The molecule has 0 saturated heterocycles. The lowest BCUT2D eigenvalue weighted by molar-refractivity contribution is 0.0696. The van der Waals surface area contributed by atoms with Gasteiger partial charge in [-0.3, -0.25) is 0 Å². The average molecular weight is 222 g/mol. The molecule has 0 radical (unpaired) electrons. The number of aromatic carboxylic acids is 1. The zero-order valence-corrected chi connectivity index (χ0v) is 8.97. The van der Waals surface area contributed by atoms with Gasteiger partial charge < -0.3 is 15.3 Å². The largest absolute Gasteiger partial charge is 0.508 e. The number of aromatic hydroxyl groups is 1. The SMILES string of the molecule is C=C(C)C[C@@H](O)c1cc(C(=O)O)ccc1O. The molecule has 1 rings (SSSR count). The number of hydrogen-bond acceptors (Lipinski definition) is 3. The van der Waals surface area contributed by atoms with Gasteiger partial charge in [0, 0.05) is 5.56 Å². The van der Waals surface area contributed by atoms with Gasteiger partial charge in [0.15, 0.2) is 0 Å². The quantitative estimate of drug-likeness (QED) is 0.681. The van der Waals surface area contributed by atoms with Crippen LogP contribution < -0.4 is 0 Å². The number of carboxylic acids is 1. The van der Waals surface area contributed by atoms with Crippen LogP contribution in [0.4, 0.5) is 0 Å². The van der Waals surface area contributed by atoms with Gasteiger partial charge in [0.05, 0.1) is 11.7 Å². The summed E-state index contributed by atoms with van der Waals surface area (Å²) in [6, 6.07) is 3.82. The molecule has 4 heteroatoms. The molecule has 0 saturated carbocycles. The Morgan fingerprint density at radius 3 is 2.62 bits per heavy atom. The number of aliphatic hydroxyl groups excluding tert-OH is 1. The highest BCUT2D eigenvalue weighted by atomic mass is 16.4. The third-order valence-corrected chi connectivity index (χ3v) is 2.18. The molecule has 0 spiro atoms. The first kappa shape index (κ1) is 12.3. The van der Waals surface area contributed by atoms with Crippen LogP contribution in [0, 0.1) is 0 Å². The van der Waals surface area contributed by atoms with Crippen LogP contribution in [-0.4, -0.2) is 21.3 Å². The van der Waals surface area contributed by atoms with Crippen molar-refractivity contribution in [1.82, 2.24) is 0 Å². The molecule has 1 aromatic rings. The van der Waals surface area contributed by atoms with Crippen molar-refractivity contribution in [3.8, 4) is 5.75 Å². The summed E-state index contributed by atoms with van der Waals surface area (Å²) in [4.78, 5) is 10.7. The summed E-state index contributed by atoms with van der Waals surface area (Å²) in [6.07, 6.45) is -0.645. The van der Waals surface area contributed by atoms with Gasteiger partial charge in [0.1, 0.15) is 5.75 Å². The summed E-state index contributed by atoms with van der Waals surface area (Å²) < 4.78 is 0. The molecule has 0 aromatic heterocycles. The van der Waals surface area contributed by atoms with E-state index in [2.05, 4.69) is 6.58 Å². The number of benzene rings is 1. The van der Waals surface area contributed by atoms with Gasteiger partial charge in [0.2, 0.25) is 0 Å². The minimum atomic E-state index is -1.09. The van der Waals surface area contributed by atoms with Crippen LogP contribution >= 0.6 is 0 Å². The Balaban J connectivity index is 3.06. The van der Waals surface area contributed by atoms with Crippen LogP contribution in [0.25, 0.3) is 0 Å². The number of carboxylic acid groups (broad SMARTS) is 1. The molecule has 3 N–H and O–H groups in total. The zero-order chi connectivity index (χ0) is 12.3. The van der Waals surface area contributed by atoms with E-state index in [0.29, 0.717) is 0 Å². The van der Waals surface area contributed by atoms with Gasteiger partial charge in [-0.15, -0.1) is 6.58 Å². The van der Waals surface area contributed by atoms with E-state index in [9.17, 15) is 15.0 Å². The number of aliphatic hydroxyl groups is 1. The van der Waals surface area contributed by atoms with E-state index in [4.69, 9.17) is 5.11 Å². The molecule has 1 aromatic carbocycles. The number of carbonyl (C=O) groups is 1. The van der Waals surface area contributed by atoms with Crippen LogP contribution in [0.15, 0.2) is 30.4 Å². The Kier molecular flexibility index (Phi) is 3.68. The fourth-order valence-corrected chi connectivity index (χ4v) is 1.39. The molecule has 1 atom stereocenters. The van der Waals surface area contributed by atoms with Crippen molar-refractivity contribution >= 4 is 5.97 Å². The summed E-state index contributed by atoms with van der Waals surface area (Å²) in [6.45, 7) is 5.40. The minimum Gasteiger partial charge on any atom is -0.508 e. The van der Waals surface area contributed by atoms with Crippen LogP contribution in [0.5, 0.6) is 5.75 Å². The Morgan fingerprint density at radius 1 is 1.50 bits per heavy atom. The first-order valence-corrected chi connectivity index (χ1v) is 4.80. The van der Waals surface area contributed by atoms with Crippen molar-refractivity contribution in [1.29, 1.82) is 0 Å². The molecule has 0 bridgehead atoms. The molecular weight excluding hydrogens is 208 g/mol. The summed E-state index contributed by atoms with van der Waals surface area (Å²) in [5.74, 6) is -1.21. The van der Waals surface area contributed by atoms with Crippen molar-refractivity contribution in [2.45, 2.75) is 19.4 Å².